The molecule has 3 aromatic rings. The van der Waals surface area contributed by atoms with E-state index in [0.29, 0.717) is 22.7 Å². The molecule has 0 saturated carbocycles. The van der Waals surface area contributed by atoms with Gasteiger partial charge in [-0.1, -0.05) is 18.2 Å². The van der Waals surface area contributed by atoms with Gasteiger partial charge in [0.2, 0.25) is 0 Å². The first-order valence-electron chi connectivity index (χ1n) is 8.90. The monoisotopic (exact) mass is 386 g/mol. The van der Waals surface area contributed by atoms with Crippen molar-refractivity contribution >= 4 is 17.6 Å². The van der Waals surface area contributed by atoms with Gasteiger partial charge in [-0.05, 0) is 67.6 Å². The molecular weight excluding hydrogens is 368 g/mol. The molecule has 0 radical (unpaired) electrons. The van der Waals surface area contributed by atoms with E-state index in [1.807, 2.05) is 36.4 Å². The Kier molecular flexibility index (Phi) is 6.23. The third kappa shape index (κ3) is 5.44. The number of ether oxygens (including phenoxy) is 2. The van der Waals surface area contributed by atoms with Crippen molar-refractivity contribution in [3.63, 3.8) is 0 Å². The van der Waals surface area contributed by atoms with Gasteiger partial charge in [-0.15, -0.1) is 0 Å². The van der Waals surface area contributed by atoms with E-state index in [1.54, 1.807) is 24.3 Å². The lowest BCUT2D eigenvalue weighted by atomic mass is 10.1. The van der Waals surface area contributed by atoms with Crippen LogP contribution in [-0.2, 0) is 9.53 Å². The Labute approximate surface area is 168 Å². The molecule has 3 rings (SSSR count). The molecule has 3 aromatic carbocycles. The van der Waals surface area contributed by atoms with Crippen molar-refractivity contribution in [3.05, 3.63) is 90.0 Å². The minimum absolute atomic E-state index is 0.270. The zero-order valence-electron chi connectivity index (χ0n) is 15.7. The first kappa shape index (κ1) is 19.6. The van der Waals surface area contributed by atoms with Gasteiger partial charge in [0, 0.05) is 5.69 Å². The molecule has 1 atom stereocenters. The normalized spacial score (nSPS) is 11.0. The summed E-state index contributed by atoms with van der Waals surface area (Å²) in [6.45, 7) is 1.49. The third-order valence-electron chi connectivity index (χ3n) is 4.00. The van der Waals surface area contributed by atoms with Crippen molar-refractivity contribution in [2.24, 2.45) is 0 Å². The van der Waals surface area contributed by atoms with Crippen molar-refractivity contribution < 1.29 is 19.1 Å². The Morgan fingerprint density at radius 2 is 1.52 bits per heavy atom. The number of hydrogen-bond acceptors (Lipinski definition) is 5. The average molecular weight is 386 g/mol. The van der Waals surface area contributed by atoms with Crippen LogP contribution < -0.4 is 10.1 Å². The molecule has 0 aliphatic heterocycles. The molecule has 1 N–H and O–H groups in total. The first-order chi connectivity index (χ1) is 14.0. The van der Waals surface area contributed by atoms with Crippen LogP contribution in [0.2, 0.25) is 0 Å². The molecule has 0 aliphatic rings. The number of para-hydroxylation sites is 1. The second kappa shape index (κ2) is 9.20. The van der Waals surface area contributed by atoms with Gasteiger partial charge in [-0.2, -0.15) is 5.26 Å². The summed E-state index contributed by atoms with van der Waals surface area (Å²) in [5.74, 6) is 0.259. The highest BCUT2D eigenvalue weighted by Crippen LogP contribution is 2.22. The zero-order chi connectivity index (χ0) is 20.6. The average Bonchev–Trinajstić information content (AvgIpc) is 2.75. The molecule has 0 aromatic heterocycles. The number of esters is 1. The third-order valence-corrected chi connectivity index (χ3v) is 4.00. The van der Waals surface area contributed by atoms with Gasteiger partial charge in [-0.25, -0.2) is 4.79 Å². The predicted molar refractivity (Wildman–Crippen MR) is 108 cm³/mol. The number of hydrogen-bond donors (Lipinski definition) is 1. The molecule has 144 valence electrons. The second-order valence-corrected chi connectivity index (χ2v) is 6.17. The maximum absolute atomic E-state index is 12.3. The Morgan fingerprint density at radius 1 is 0.897 bits per heavy atom. The lowest BCUT2D eigenvalue weighted by Gasteiger charge is -2.14. The molecule has 0 aliphatic carbocycles. The highest BCUT2D eigenvalue weighted by Gasteiger charge is 2.19. The number of benzene rings is 3. The number of carbonyl (C=O) groups excluding carboxylic acids is 2. The summed E-state index contributed by atoms with van der Waals surface area (Å²) in [7, 11) is 0. The topological polar surface area (TPSA) is 88.4 Å². The number of amides is 1. The lowest BCUT2D eigenvalue weighted by molar-refractivity contribution is -0.123. The molecule has 0 fully saturated rings. The van der Waals surface area contributed by atoms with Gasteiger partial charge in [-0.3, -0.25) is 4.79 Å². The fourth-order valence-electron chi connectivity index (χ4n) is 2.44. The summed E-state index contributed by atoms with van der Waals surface area (Å²) in [6.07, 6.45) is -0.988. The van der Waals surface area contributed by atoms with Gasteiger partial charge in [0.25, 0.3) is 5.91 Å². The van der Waals surface area contributed by atoms with Crippen LogP contribution in [0.5, 0.6) is 11.5 Å². The van der Waals surface area contributed by atoms with E-state index < -0.39 is 18.0 Å². The summed E-state index contributed by atoms with van der Waals surface area (Å²) >= 11 is 0. The molecule has 0 bridgehead atoms. The van der Waals surface area contributed by atoms with Crippen molar-refractivity contribution in [2.45, 2.75) is 13.0 Å². The van der Waals surface area contributed by atoms with Crippen LogP contribution in [-0.4, -0.2) is 18.0 Å². The van der Waals surface area contributed by atoms with Crippen molar-refractivity contribution in [3.8, 4) is 17.6 Å². The highest BCUT2D eigenvalue weighted by molar-refractivity contribution is 5.97. The minimum Gasteiger partial charge on any atom is -0.457 e. The molecule has 6 heteroatoms. The van der Waals surface area contributed by atoms with Crippen LogP contribution in [0.25, 0.3) is 0 Å². The van der Waals surface area contributed by atoms with E-state index >= 15 is 0 Å². The van der Waals surface area contributed by atoms with E-state index in [2.05, 4.69) is 5.32 Å². The largest absolute Gasteiger partial charge is 0.457 e. The fourth-order valence-corrected chi connectivity index (χ4v) is 2.44. The SMILES string of the molecule is C[C@H](OC(=O)c1ccc(C#N)cc1)C(=O)Nc1ccc(Oc2ccccc2)cc1. The van der Waals surface area contributed by atoms with Gasteiger partial charge >= 0.3 is 5.97 Å². The van der Waals surface area contributed by atoms with Gasteiger partial charge in [0.05, 0.1) is 17.2 Å². The van der Waals surface area contributed by atoms with Crippen molar-refractivity contribution in [1.82, 2.24) is 0 Å². The Morgan fingerprint density at radius 3 is 2.14 bits per heavy atom. The van der Waals surface area contributed by atoms with E-state index in [1.165, 1.54) is 31.2 Å². The van der Waals surface area contributed by atoms with E-state index in [-0.39, 0.29) is 5.56 Å². The number of nitrogens with one attached hydrogen (secondary N) is 1. The smallest absolute Gasteiger partial charge is 0.338 e. The van der Waals surface area contributed by atoms with Crippen LogP contribution in [0, 0.1) is 11.3 Å². The Bertz CT molecular complexity index is 1020. The molecule has 0 saturated heterocycles. The van der Waals surface area contributed by atoms with E-state index in [4.69, 9.17) is 14.7 Å². The summed E-state index contributed by atoms with van der Waals surface area (Å²) < 4.78 is 10.9. The molecule has 1 amide bonds. The molecule has 6 nitrogen and oxygen atoms in total. The quantitative estimate of drug-likeness (QED) is 0.629. The Balaban J connectivity index is 1.54. The van der Waals surface area contributed by atoms with Crippen molar-refractivity contribution in [1.29, 1.82) is 5.26 Å². The maximum atomic E-state index is 12.3. The van der Waals surface area contributed by atoms with Crippen molar-refractivity contribution in [2.75, 3.05) is 5.32 Å². The standard InChI is InChI=1S/C23H18N2O4/c1-16(28-23(27)18-9-7-17(15-24)8-10-18)22(26)25-19-11-13-21(14-12-19)29-20-5-3-2-4-6-20/h2-14,16H,1H3,(H,25,26)/t16-/m0/s1. The van der Waals surface area contributed by atoms with Crippen LogP contribution in [0.4, 0.5) is 5.69 Å². The van der Waals surface area contributed by atoms with Gasteiger partial charge < -0.3 is 14.8 Å². The van der Waals surface area contributed by atoms with Crippen LogP contribution in [0.15, 0.2) is 78.9 Å². The lowest BCUT2D eigenvalue weighted by Crippen LogP contribution is -2.30. The molecule has 0 spiro atoms. The number of carbonyl (C=O) groups is 2. The maximum Gasteiger partial charge on any atom is 0.338 e. The summed E-state index contributed by atoms with van der Waals surface area (Å²) in [5, 5.41) is 11.5. The van der Waals surface area contributed by atoms with Gasteiger partial charge in [0.15, 0.2) is 6.10 Å². The fraction of sp³-hybridized carbons (Fsp3) is 0.0870. The second-order valence-electron chi connectivity index (χ2n) is 6.17. The van der Waals surface area contributed by atoms with Crippen LogP contribution in [0.3, 0.4) is 0 Å². The summed E-state index contributed by atoms with van der Waals surface area (Å²) in [4.78, 5) is 24.4. The highest BCUT2D eigenvalue weighted by atomic mass is 16.5. The first-order valence-corrected chi connectivity index (χ1v) is 8.90. The molecule has 0 unspecified atom stereocenters. The summed E-state index contributed by atoms with van der Waals surface area (Å²) in [5.41, 5.74) is 1.26. The molecule has 0 heterocycles. The zero-order valence-corrected chi connectivity index (χ0v) is 15.7. The van der Waals surface area contributed by atoms with Crippen LogP contribution >= 0.6 is 0 Å². The van der Waals surface area contributed by atoms with Gasteiger partial charge in [0.1, 0.15) is 11.5 Å². The van der Waals surface area contributed by atoms with E-state index in [9.17, 15) is 9.59 Å². The number of anilines is 1. The number of rotatable bonds is 6. The van der Waals surface area contributed by atoms with Crippen LogP contribution in [0.1, 0.15) is 22.8 Å². The number of nitriles is 1. The predicted octanol–water partition coefficient (Wildman–Crippen LogP) is 4.53. The number of nitrogens with zero attached hydrogens (tertiary/aromatic N) is 1. The summed E-state index contributed by atoms with van der Waals surface area (Å²) in [6, 6.07) is 24.2. The molecule has 29 heavy (non-hydrogen) atoms. The Hall–Kier alpha value is -4.11. The van der Waals surface area contributed by atoms with E-state index in [0.717, 1.165) is 0 Å². The minimum atomic E-state index is -0.988. The molecular formula is C23H18N2O4.